The van der Waals surface area contributed by atoms with Gasteiger partial charge in [-0.25, -0.2) is 17.7 Å². The Kier molecular flexibility index (Phi) is 9.09. The van der Waals surface area contributed by atoms with E-state index in [1.807, 2.05) is 37.4 Å². The number of sulfonamides is 1. The van der Waals surface area contributed by atoms with Crippen LogP contribution in [0.2, 0.25) is 0 Å². The third kappa shape index (κ3) is 6.78. The fourth-order valence-corrected chi connectivity index (χ4v) is 4.36. The summed E-state index contributed by atoms with van der Waals surface area (Å²) >= 11 is 0. The van der Waals surface area contributed by atoms with Gasteiger partial charge >= 0.3 is 0 Å². The molecule has 1 aromatic carbocycles. The van der Waals surface area contributed by atoms with Gasteiger partial charge in [-0.3, -0.25) is 4.98 Å². The van der Waals surface area contributed by atoms with E-state index >= 15 is 0 Å². The molecular formula is C20H30IN5O2S. The molecule has 1 aromatic heterocycles. The maximum atomic E-state index is 11.6. The normalized spacial score (nSPS) is 16.4. The summed E-state index contributed by atoms with van der Waals surface area (Å²) in [6, 6.07) is 10.1. The molecule has 3 rings (SSSR count). The van der Waals surface area contributed by atoms with Crippen molar-refractivity contribution in [3.05, 3.63) is 42.1 Å². The van der Waals surface area contributed by atoms with E-state index in [-0.39, 0.29) is 24.0 Å². The molecule has 7 nitrogen and oxygen atoms in total. The number of fused-ring (bicyclic) bond motifs is 1. The van der Waals surface area contributed by atoms with Crippen LogP contribution >= 0.6 is 24.0 Å². The summed E-state index contributed by atoms with van der Waals surface area (Å²) in [7, 11) is -3.07. The van der Waals surface area contributed by atoms with Crippen molar-refractivity contribution in [2.24, 2.45) is 10.9 Å². The summed E-state index contributed by atoms with van der Waals surface area (Å²) in [4.78, 5) is 9.13. The lowest BCUT2D eigenvalue weighted by Crippen LogP contribution is -2.44. The Balaban J connectivity index is 0.00000300. The standard InChI is InChI=1S/C20H29N5O2S.HI/c1-3-21-20(23-14-16-9-12-25(13-10-16)28(2,26)27)24-15-17-8-11-22-19-7-5-4-6-18(17)19;/h4-8,11,16H,3,9-10,12-15H2,1-2H3,(H2,21,23,24);1H. The first-order chi connectivity index (χ1) is 13.5. The van der Waals surface area contributed by atoms with Crippen LogP contribution in [-0.2, 0) is 16.6 Å². The zero-order valence-electron chi connectivity index (χ0n) is 17.0. The number of benzene rings is 1. The van der Waals surface area contributed by atoms with Gasteiger partial charge in [0.1, 0.15) is 0 Å². The third-order valence-electron chi connectivity index (χ3n) is 5.09. The van der Waals surface area contributed by atoms with Crippen molar-refractivity contribution in [2.75, 3.05) is 32.4 Å². The maximum Gasteiger partial charge on any atom is 0.211 e. The second-order valence-corrected chi connectivity index (χ2v) is 9.15. The smallest absolute Gasteiger partial charge is 0.211 e. The number of aliphatic imine (C=N–C) groups is 1. The lowest BCUT2D eigenvalue weighted by molar-refractivity contribution is 0.275. The summed E-state index contributed by atoms with van der Waals surface area (Å²) in [5.74, 6) is 1.23. The van der Waals surface area contributed by atoms with Crippen LogP contribution in [-0.4, -0.2) is 56.1 Å². The number of hydrogen-bond donors (Lipinski definition) is 2. The number of aromatic nitrogens is 1. The molecule has 2 N–H and O–H groups in total. The van der Waals surface area contributed by atoms with Gasteiger partial charge < -0.3 is 10.6 Å². The summed E-state index contributed by atoms with van der Waals surface area (Å²) in [5, 5.41) is 7.83. The fourth-order valence-electron chi connectivity index (χ4n) is 3.48. The molecule has 2 heterocycles. The lowest BCUT2D eigenvalue weighted by Gasteiger charge is -2.30. The van der Waals surface area contributed by atoms with Gasteiger partial charge in [-0.2, -0.15) is 0 Å². The minimum atomic E-state index is -3.07. The van der Waals surface area contributed by atoms with Crippen LogP contribution < -0.4 is 10.6 Å². The van der Waals surface area contributed by atoms with Crippen LogP contribution in [0.25, 0.3) is 10.9 Å². The average Bonchev–Trinajstić information content (AvgIpc) is 2.69. The van der Waals surface area contributed by atoms with Gasteiger partial charge in [0, 0.05) is 37.8 Å². The molecule has 0 radical (unpaired) electrons. The number of halogens is 1. The number of para-hydroxylation sites is 1. The zero-order valence-corrected chi connectivity index (χ0v) is 20.1. The number of guanidine groups is 1. The Hall–Kier alpha value is -1.46. The van der Waals surface area contributed by atoms with Gasteiger partial charge in [0.15, 0.2) is 5.96 Å². The van der Waals surface area contributed by atoms with Gasteiger partial charge in [-0.1, -0.05) is 18.2 Å². The SMILES string of the molecule is CCNC(=NCc1ccnc2ccccc12)NCC1CCN(S(C)(=O)=O)CC1.I. The van der Waals surface area contributed by atoms with Crippen molar-refractivity contribution in [1.29, 1.82) is 0 Å². The first-order valence-corrected chi connectivity index (χ1v) is 11.6. The van der Waals surface area contributed by atoms with Crippen molar-refractivity contribution in [3.8, 4) is 0 Å². The minimum Gasteiger partial charge on any atom is -0.357 e. The monoisotopic (exact) mass is 531 g/mol. The molecule has 1 saturated heterocycles. The first-order valence-electron chi connectivity index (χ1n) is 9.77. The zero-order chi connectivity index (χ0) is 20.0. The molecule has 0 amide bonds. The minimum absolute atomic E-state index is 0. The van der Waals surface area contributed by atoms with E-state index in [1.165, 1.54) is 6.26 Å². The molecule has 1 fully saturated rings. The van der Waals surface area contributed by atoms with E-state index < -0.39 is 10.0 Å². The van der Waals surface area contributed by atoms with Gasteiger partial charge in [-0.15, -0.1) is 24.0 Å². The van der Waals surface area contributed by atoms with Crippen molar-refractivity contribution in [3.63, 3.8) is 0 Å². The molecule has 9 heteroatoms. The summed E-state index contributed by atoms with van der Waals surface area (Å²) < 4.78 is 24.8. The molecule has 0 atom stereocenters. The Bertz CT molecular complexity index is 922. The predicted molar refractivity (Wildman–Crippen MR) is 129 cm³/mol. The number of nitrogens with one attached hydrogen (secondary N) is 2. The van der Waals surface area contributed by atoms with Crippen LogP contribution in [0, 0.1) is 5.92 Å². The van der Waals surface area contributed by atoms with E-state index in [4.69, 9.17) is 4.99 Å². The van der Waals surface area contributed by atoms with Crippen molar-refractivity contribution >= 4 is 50.9 Å². The number of pyridine rings is 1. The predicted octanol–water partition coefficient (Wildman–Crippen LogP) is 2.58. The lowest BCUT2D eigenvalue weighted by atomic mass is 9.98. The second-order valence-electron chi connectivity index (χ2n) is 7.17. The first kappa shape index (κ1) is 23.8. The number of nitrogens with zero attached hydrogens (tertiary/aromatic N) is 3. The Morgan fingerprint density at radius 2 is 1.93 bits per heavy atom. The summed E-state index contributed by atoms with van der Waals surface area (Å²) in [5.41, 5.74) is 2.12. The van der Waals surface area contributed by atoms with Crippen LogP contribution in [0.3, 0.4) is 0 Å². The van der Waals surface area contributed by atoms with Gasteiger partial charge in [0.2, 0.25) is 10.0 Å². The molecular weight excluding hydrogens is 501 g/mol. The molecule has 0 saturated carbocycles. The highest BCUT2D eigenvalue weighted by Gasteiger charge is 2.24. The molecule has 1 aliphatic heterocycles. The Morgan fingerprint density at radius 3 is 2.62 bits per heavy atom. The Morgan fingerprint density at radius 1 is 1.21 bits per heavy atom. The van der Waals surface area contributed by atoms with E-state index in [9.17, 15) is 8.42 Å². The van der Waals surface area contributed by atoms with E-state index in [0.717, 1.165) is 48.4 Å². The molecule has 0 unspecified atom stereocenters. The van der Waals surface area contributed by atoms with Crippen LogP contribution in [0.1, 0.15) is 25.3 Å². The highest BCUT2D eigenvalue weighted by atomic mass is 127. The molecule has 1 aliphatic rings. The number of hydrogen-bond acceptors (Lipinski definition) is 4. The largest absolute Gasteiger partial charge is 0.357 e. The van der Waals surface area contributed by atoms with Crippen LogP contribution in [0.5, 0.6) is 0 Å². The molecule has 0 bridgehead atoms. The van der Waals surface area contributed by atoms with Gasteiger partial charge in [-0.05, 0) is 43.4 Å². The average molecular weight is 531 g/mol. The van der Waals surface area contributed by atoms with E-state index in [2.05, 4.69) is 21.7 Å². The van der Waals surface area contributed by atoms with Crippen LogP contribution in [0.4, 0.5) is 0 Å². The number of piperidine rings is 1. The molecule has 0 aliphatic carbocycles. The molecule has 29 heavy (non-hydrogen) atoms. The van der Waals surface area contributed by atoms with E-state index in [0.29, 0.717) is 25.6 Å². The van der Waals surface area contributed by atoms with Gasteiger partial charge in [0.05, 0.1) is 18.3 Å². The molecule has 2 aromatic rings. The molecule has 160 valence electrons. The Labute approximate surface area is 190 Å². The van der Waals surface area contributed by atoms with Crippen molar-refractivity contribution in [1.82, 2.24) is 19.9 Å². The maximum absolute atomic E-state index is 11.6. The second kappa shape index (κ2) is 11.1. The fraction of sp³-hybridized carbons (Fsp3) is 0.500. The highest BCUT2D eigenvalue weighted by Crippen LogP contribution is 2.19. The summed E-state index contributed by atoms with van der Waals surface area (Å²) in [6.07, 6.45) is 4.84. The quantitative estimate of drug-likeness (QED) is 0.340. The van der Waals surface area contributed by atoms with Gasteiger partial charge in [0.25, 0.3) is 0 Å². The van der Waals surface area contributed by atoms with Crippen molar-refractivity contribution in [2.45, 2.75) is 26.3 Å². The third-order valence-corrected chi connectivity index (χ3v) is 6.39. The molecule has 0 spiro atoms. The summed E-state index contributed by atoms with van der Waals surface area (Å²) in [6.45, 7) is 5.40. The highest BCUT2D eigenvalue weighted by molar-refractivity contribution is 14.0. The topological polar surface area (TPSA) is 86.7 Å². The van der Waals surface area contributed by atoms with E-state index in [1.54, 1.807) is 4.31 Å². The van der Waals surface area contributed by atoms with Crippen molar-refractivity contribution < 1.29 is 8.42 Å². The van der Waals surface area contributed by atoms with Crippen LogP contribution in [0.15, 0.2) is 41.5 Å². The number of rotatable bonds is 6.